The van der Waals surface area contributed by atoms with Crippen molar-refractivity contribution in [1.82, 2.24) is 4.90 Å². The molecule has 1 aliphatic rings. The molecule has 1 amide bonds. The van der Waals surface area contributed by atoms with Crippen molar-refractivity contribution >= 4 is 29.1 Å². The number of methoxy groups -OCH3 is 1. The first-order valence-corrected chi connectivity index (χ1v) is 10.7. The zero-order valence-corrected chi connectivity index (χ0v) is 18.6. The van der Waals surface area contributed by atoms with E-state index in [4.69, 9.17) is 16.3 Å². The van der Waals surface area contributed by atoms with Crippen LogP contribution in [0, 0.1) is 0 Å². The van der Waals surface area contributed by atoms with Gasteiger partial charge in [-0.05, 0) is 53.9 Å². The summed E-state index contributed by atoms with van der Waals surface area (Å²) in [6, 6.07) is 19.4. The second-order valence-electron chi connectivity index (χ2n) is 7.66. The van der Waals surface area contributed by atoms with Gasteiger partial charge in [0.15, 0.2) is 0 Å². The van der Waals surface area contributed by atoms with E-state index in [9.17, 15) is 19.8 Å². The topological polar surface area (TPSA) is 87.1 Å². The maximum atomic E-state index is 13.1. The molecule has 7 heteroatoms. The number of aliphatic hydroxyl groups is 1. The number of halogens is 1. The Bertz CT molecular complexity index is 1220. The number of hydrogen-bond acceptors (Lipinski definition) is 5. The zero-order chi connectivity index (χ0) is 23.5. The Kier molecular flexibility index (Phi) is 6.38. The maximum absolute atomic E-state index is 13.1. The number of Topliss-reactive ketones (excluding diaryl/α,β-unsaturated/α-hetero) is 1. The molecule has 1 atom stereocenters. The number of carbonyl (C=O) groups is 2. The normalized spacial score (nSPS) is 17.4. The number of phenolic OH excluding ortho intramolecular Hbond substituents is 1. The molecule has 168 valence electrons. The first kappa shape index (κ1) is 22.4. The predicted octanol–water partition coefficient (Wildman–Crippen LogP) is 4.72. The number of hydrogen-bond donors (Lipinski definition) is 2. The van der Waals surface area contributed by atoms with Gasteiger partial charge in [0.05, 0.1) is 24.3 Å². The van der Waals surface area contributed by atoms with Gasteiger partial charge in [-0.15, -0.1) is 0 Å². The number of nitrogens with zero attached hydrogens (tertiary/aromatic N) is 1. The van der Waals surface area contributed by atoms with Crippen LogP contribution < -0.4 is 4.74 Å². The first-order chi connectivity index (χ1) is 15.9. The van der Waals surface area contributed by atoms with Crippen LogP contribution in [0.5, 0.6) is 11.5 Å². The standard InChI is InChI=1S/C26H22ClNO5/c1-33-21-5-3-2-4-20(21)24(30)22-23(17-8-12-19(29)13-9-17)28(26(32)25(22)31)15-14-16-6-10-18(27)11-7-16/h2-13,23,29-30H,14-15H2,1H3/b24-22-. The molecule has 4 rings (SSSR count). The summed E-state index contributed by atoms with van der Waals surface area (Å²) in [6.07, 6.45) is 0.494. The fourth-order valence-electron chi connectivity index (χ4n) is 4.00. The van der Waals surface area contributed by atoms with Crippen molar-refractivity contribution < 1.29 is 24.5 Å². The average molecular weight is 464 g/mol. The Balaban J connectivity index is 1.79. The van der Waals surface area contributed by atoms with E-state index in [0.29, 0.717) is 28.3 Å². The van der Waals surface area contributed by atoms with E-state index in [1.807, 2.05) is 12.1 Å². The molecule has 1 unspecified atom stereocenters. The molecule has 3 aromatic rings. The lowest BCUT2D eigenvalue weighted by atomic mass is 9.95. The van der Waals surface area contributed by atoms with Gasteiger partial charge in [-0.1, -0.05) is 48.0 Å². The van der Waals surface area contributed by atoms with Gasteiger partial charge in [0.2, 0.25) is 0 Å². The molecule has 1 heterocycles. The van der Waals surface area contributed by atoms with Crippen molar-refractivity contribution in [1.29, 1.82) is 0 Å². The molecule has 0 aromatic heterocycles. The SMILES string of the molecule is COc1ccccc1/C(O)=C1/C(=O)C(=O)N(CCc2ccc(Cl)cc2)C1c1ccc(O)cc1. The average Bonchev–Trinajstić information content (AvgIpc) is 3.08. The molecule has 1 saturated heterocycles. The number of aliphatic hydroxyl groups excluding tert-OH is 1. The Morgan fingerprint density at radius 3 is 2.33 bits per heavy atom. The molecule has 0 saturated carbocycles. The summed E-state index contributed by atoms with van der Waals surface area (Å²) in [5.41, 5.74) is 1.85. The molecule has 2 N–H and O–H groups in total. The fraction of sp³-hybridized carbons (Fsp3) is 0.154. The van der Waals surface area contributed by atoms with Crippen molar-refractivity contribution in [2.24, 2.45) is 0 Å². The van der Waals surface area contributed by atoms with Crippen molar-refractivity contribution in [2.75, 3.05) is 13.7 Å². The summed E-state index contributed by atoms with van der Waals surface area (Å²) in [7, 11) is 1.47. The van der Waals surface area contributed by atoms with Crippen LogP contribution >= 0.6 is 11.6 Å². The number of amides is 1. The van der Waals surface area contributed by atoms with Crippen molar-refractivity contribution in [3.8, 4) is 11.5 Å². The molecule has 0 aliphatic carbocycles. The number of likely N-dealkylation sites (tertiary alicyclic amines) is 1. The lowest BCUT2D eigenvalue weighted by molar-refractivity contribution is -0.139. The Morgan fingerprint density at radius 2 is 1.67 bits per heavy atom. The van der Waals surface area contributed by atoms with E-state index in [1.54, 1.807) is 48.5 Å². The van der Waals surface area contributed by atoms with Crippen LogP contribution in [0.1, 0.15) is 22.7 Å². The largest absolute Gasteiger partial charge is 0.508 e. The number of ketones is 1. The molecule has 33 heavy (non-hydrogen) atoms. The molecule has 1 aliphatic heterocycles. The molecule has 3 aromatic carbocycles. The highest BCUT2D eigenvalue weighted by Gasteiger charge is 2.46. The van der Waals surface area contributed by atoms with E-state index >= 15 is 0 Å². The number of benzene rings is 3. The monoisotopic (exact) mass is 463 g/mol. The molecule has 0 spiro atoms. The smallest absolute Gasteiger partial charge is 0.295 e. The third-order valence-corrected chi connectivity index (χ3v) is 5.92. The Labute approximate surface area is 196 Å². The zero-order valence-electron chi connectivity index (χ0n) is 17.9. The highest BCUT2D eigenvalue weighted by Crippen LogP contribution is 2.41. The number of rotatable bonds is 6. The molecule has 6 nitrogen and oxygen atoms in total. The van der Waals surface area contributed by atoms with Crippen LogP contribution in [0.2, 0.25) is 5.02 Å². The predicted molar refractivity (Wildman–Crippen MR) is 125 cm³/mol. The molecule has 1 fully saturated rings. The van der Waals surface area contributed by atoms with Gasteiger partial charge in [0, 0.05) is 11.6 Å². The highest BCUT2D eigenvalue weighted by atomic mass is 35.5. The van der Waals surface area contributed by atoms with Gasteiger partial charge in [0.1, 0.15) is 17.3 Å². The van der Waals surface area contributed by atoms with Crippen LogP contribution in [-0.2, 0) is 16.0 Å². The highest BCUT2D eigenvalue weighted by molar-refractivity contribution is 6.46. The minimum atomic E-state index is -0.817. The second kappa shape index (κ2) is 9.38. The third-order valence-electron chi connectivity index (χ3n) is 5.67. The van der Waals surface area contributed by atoms with E-state index in [-0.39, 0.29) is 23.6 Å². The van der Waals surface area contributed by atoms with Crippen LogP contribution in [-0.4, -0.2) is 40.5 Å². The number of ether oxygens (including phenoxy) is 1. The quantitative estimate of drug-likeness (QED) is 0.314. The molecular formula is C26H22ClNO5. The van der Waals surface area contributed by atoms with Gasteiger partial charge in [-0.3, -0.25) is 9.59 Å². The minimum absolute atomic E-state index is 0.0219. The number of carbonyl (C=O) groups excluding carboxylic acids is 2. The van der Waals surface area contributed by atoms with E-state index in [0.717, 1.165) is 5.56 Å². The summed E-state index contributed by atoms with van der Waals surface area (Å²) in [5, 5.41) is 21.5. The molecule has 0 radical (unpaired) electrons. The van der Waals surface area contributed by atoms with Gasteiger partial charge in [0.25, 0.3) is 11.7 Å². The van der Waals surface area contributed by atoms with Crippen molar-refractivity contribution in [3.05, 3.63) is 100 Å². The summed E-state index contributed by atoms with van der Waals surface area (Å²) in [5.74, 6) is -1.34. The number of aromatic hydroxyl groups is 1. The van der Waals surface area contributed by atoms with Crippen molar-refractivity contribution in [3.63, 3.8) is 0 Å². The van der Waals surface area contributed by atoms with Gasteiger partial charge in [-0.25, -0.2) is 0 Å². The lowest BCUT2D eigenvalue weighted by Crippen LogP contribution is -2.31. The molecular weight excluding hydrogens is 442 g/mol. The van der Waals surface area contributed by atoms with Crippen molar-refractivity contribution in [2.45, 2.75) is 12.5 Å². The van der Waals surface area contributed by atoms with Crippen LogP contribution in [0.15, 0.2) is 78.4 Å². The maximum Gasteiger partial charge on any atom is 0.295 e. The van der Waals surface area contributed by atoms with E-state index < -0.39 is 17.7 Å². The van der Waals surface area contributed by atoms with E-state index in [1.165, 1.54) is 24.1 Å². The van der Waals surface area contributed by atoms with E-state index in [2.05, 4.69) is 0 Å². The van der Waals surface area contributed by atoms with Gasteiger partial charge >= 0.3 is 0 Å². The van der Waals surface area contributed by atoms with Gasteiger partial charge < -0.3 is 19.8 Å². The second-order valence-corrected chi connectivity index (χ2v) is 8.10. The fourth-order valence-corrected chi connectivity index (χ4v) is 4.13. The summed E-state index contributed by atoms with van der Waals surface area (Å²) >= 11 is 5.96. The third kappa shape index (κ3) is 4.43. The Hall–Kier alpha value is -3.77. The first-order valence-electron chi connectivity index (χ1n) is 10.4. The van der Waals surface area contributed by atoms with Crippen LogP contribution in [0.4, 0.5) is 0 Å². The minimum Gasteiger partial charge on any atom is -0.508 e. The Morgan fingerprint density at radius 1 is 1.00 bits per heavy atom. The van der Waals surface area contributed by atoms with Crippen LogP contribution in [0.3, 0.4) is 0 Å². The summed E-state index contributed by atoms with van der Waals surface area (Å²) in [4.78, 5) is 27.6. The number of para-hydroxylation sites is 1. The number of phenols is 1. The lowest BCUT2D eigenvalue weighted by Gasteiger charge is -2.25. The van der Waals surface area contributed by atoms with Crippen LogP contribution in [0.25, 0.3) is 5.76 Å². The summed E-state index contributed by atoms with van der Waals surface area (Å²) < 4.78 is 5.34. The summed E-state index contributed by atoms with van der Waals surface area (Å²) in [6.45, 7) is 0.250. The van der Waals surface area contributed by atoms with Gasteiger partial charge in [-0.2, -0.15) is 0 Å². The molecule has 0 bridgehead atoms.